The van der Waals surface area contributed by atoms with Crippen LogP contribution in [0.2, 0.25) is 5.28 Å². The molecule has 0 saturated carbocycles. The molecule has 17 heavy (non-hydrogen) atoms. The van der Waals surface area contributed by atoms with Crippen molar-refractivity contribution in [2.75, 3.05) is 12.4 Å². The van der Waals surface area contributed by atoms with Gasteiger partial charge in [0.05, 0.1) is 5.52 Å². The zero-order valence-electron chi connectivity index (χ0n) is 9.24. The molecule has 0 saturated heterocycles. The fourth-order valence-electron chi connectivity index (χ4n) is 2.03. The van der Waals surface area contributed by atoms with Gasteiger partial charge in [-0.3, -0.25) is 0 Å². The van der Waals surface area contributed by atoms with E-state index in [1.807, 2.05) is 31.3 Å². The first-order valence-corrected chi connectivity index (χ1v) is 5.70. The zero-order chi connectivity index (χ0) is 11.8. The number of hydrogen-bond acceptors (Lipinski definition) is 3. The normalized spacial score (nSPS) is 10.9. The van der Waals surface area contributed by atoms with Gasteiger partial charge in [-0.05, 0) is 23.1 Å². The number of fused-ring (bicyclic) bond motifs is 3. The molecule has 1 heterocycles. The van der Waals surface area contributed by atoms with Gasteiger partial charge in [0.25, 0.3) is 0 Å². The van der Waals surface area contributed by atoms with Gasteiger partial charge in [-0.2, -0.15) is 0 Å². The molecule has 0 spiro atoms. The van der Waals surface area contributed by atoms with E-state index in [1.54, 1.807) is 0 Å². The summed E-state index contributed by atoms with van der Waals surface area (Å²) < 4.78 is 0. The third kappa shape index (κ3) is 1.59. The molecule has 0 amide bonds. The number of halogens is 1. The number of rotatable bonds is 1. The third-order valence-electron chi connectivity index (χ3n) is 2.80. The molecule has 0 fully saturated rings. The Morgan fingerprint density at radius 2 is 1.82 bits per heavy atom. The first-order chi connectivity index (χ1) is 8.29. The van der Waals surface area contributed by atoms with Crippen LogP contribution in [-0.4, -0.2) is 17.0 Å². The van der Waals surface area contributed by atoms with Crippen molar-refractivity contribution in [2.45, 2.75) is 0 Å². The monoisotopic (exact) mass is 243 g/mol. The standard InChI is InChI=1S/C13H10ClN3/c1-15-12-10-7-6-8-4-2-3-5-9(8)11(10)16-13(14)17-12/h2-7H,1H3,(H,15,16,17). The highest BCUT2D eigenvalue weighted by Crippen LogP contribution is 2.28. The summed E-state index contributed by atoms with van der Waals surface area (Å²) in [5.41, 5.74) is 0.882. The summed E-state index contributed by atoms with van der Waals surface area (Å²) >= 11 is 5.94. The molecule has 0 atom stereocenters. The van der Waals surface area contributed by atoms with Crippen molar-refractivity contribution in [3.05, 3.63) is 41.7 Å². The fourth-order valence-corrected chi connectivity index (χ4v) is 2.20. The van der Waals surface area contributed by atoms with Gasteiger partial charge in [-0.25, -0.2) is 9.97 Å². The van der Waals surface area contributed by atoms with E-state index in [1.165, 1.54) is 0 Å². The SMILES string of the molecule is CNc1nc(Cl)nc2c1ccc1ccccc12. The van der Waals surface area contributed by atoms with E-state index >= 15 is 0 Å². The Labute approximate surface area is 103 Å². The molecule has 3 aromatic rings. The second-order valence-electron chi connectivity index (χ2n) is 3.77. The summed E-state index contributed by atoms with van der Waals surface area (Å²) in [4.78, 5) is 8.50. The predicted molar refractivity (Wildman–Crippen MR) is 71.6 cm³/mol. The third-order valence-corrected chi connectivity index (χ3v) is 2.97. The van der Waals surface area contributed by atoms with Crippen LogP contribution in [0.3, 0.4) is 0 Å². The van der Waals surface area contributed by atoms with E-state index in [0.717, 1.165) is 27.5 Å². The summed E-state index contributed by atoms with van der Waals surface area (Å²) in [7, 11) is 1.83. The van der Waals surface area contributed by atoms with Gasteiger partial charge in [0, 0.05) is 17.8 Å². The summed E-state index contributed by atoms with van der Waals surface area (Å²) in [5.74, 6) is 0.755. The van der Waals surface area contributed by atoms with Crippen LogP contribution >= 0.6 is 11.6 Å². The fraction of sp³-hybridized carbons (Fsp3) is 0.0769. The van der Waals surface area contributed by atoms with Crippen LogP contribution in [0.5, 0.6) is 0 Å². The quantitative estimate of drug-likeness (QED) is 0.525. The summed E-state index contributed by atoms with van der Waals surface area (Å²) in [6, 6.07) is 12.2. The topological polar surface area (TPSA) is 37.8 Å². The molecule has 0 aliphatic carbocycles. The Hall–Kier alpha value is -1.87. The molecule has 4 heteroatoms. The van der Waals surface area contributed by atoms with Crippen molar-refractivity contribution >= 4 is 39.1 Å². The molecular formula is C13H10ClN3. The molecule has 2 aromatic carbocycles. The van der Waals surface area contributed by atoms with E-state index in [0.29, 0.717) is 0 Å². The van der Waals surface area contributed by atoms with Crippen molar-refractivity contribution in [3.63, 3.8) is 0 Å². The number of anilines is 1. The second-order valence-corrected chi connectivity index (χ2v) is 4.11. The van der Waals surface area contributed by atoms with Gasteiger partial charge < -0.3 is 5.32 Å². The number of nitrogens with zero attached hydrogens (tertiary/aromatic N) is 2. The lowest BCUT2D eigenvalue weighted by molar-refractivity contribution is 1.21. The predicted octanol–water partition coefficient (Wildman–Crippen LogP) is 3.48. The smallest absolute Gasteiger partial charge is 0.224 e. The van der Waals surface area contributed by atoms with Gasteiger partial charge in [-0.1, -0.05) is 30.3 Å². The van der Waals surface area contributed by atoms with Crippen LogP contribution in [0.4, 0.5) is 5.82 Å². The number of nitrogens with one attached hydrogen (secondary N) is 1. The Morgan fingerprint density at radius 1 is 1.00 bits per heavy atom. The van der Waals surface area contributed by atoms with Crippen LogP contribution in [-0.2, 0) is 0 Å². The highest BCUT2D eigenvalue weighted by atomic mass is 35.5. The minimum absolute atomic E-state index is 0.262. The molecule has 0 bridgehead atoms. The highest BCUT2D eigenvalue weighted by molar-refractivity contribution is 6.29. The molecule has 3 rings (SSSR count). The van der Waals surface area contributed by atoms with Gasteiger partial charge in [0.2, 0.25) is 5.28 Å². The van der Waals surface area contributed by atoms with E-state index in [2.05, 4.69) is 27.4 Å². The summed E-state index contributed by atoms with van der Waals surface area (Å²) in [6.45, 7) is 0. The van der Waals surface area contributed by atoms with Gasteiger partial charge >= 0.3 is 0 Å². The number of hydrogen-bond donors (Lipinski definition) is 1. The first-order valence-electron chi connectivity index (χ1n) is 5.32. The van der Waals surface area contributed by atoms with Crippen molar-refractivity contribution in [1.82, 2.24) is 9.97 Å². The first kappa shape index (κ1) is 10.3. The van der Waals surface area contributed by atoms with Crippen LogP contribution < -0.4 is 5.32 Å². The van der Waals surface area contributed by atoms with Crippen molar-refractivity contribution in [2.24, 2.45) is 0 Å². The highest BCUT2D eigenvalue weighted by Gasteiger charge is 2.08. The van der Waals surface area contributed by atoms with E-state index < -0.39 is 0 Å². The molecule has 0 radical (unpaired) electrons. The number of benzene rings is 2. The average Bonchev–Trinajstić information content (AvgIpc) is 2.37. The van der Waals surface area contributed by atoms with E-state index in [9.17, 15) is 0 Å². The van der Waals surface area contributed by atoms with Crippen LogP contribution in [0, 0.1) is 0 Å². The van der Waals surface area contributed by atoms with E-state index in [-0.39, 0.29) is 5.28 Å². The lowest BCUT2D eigenvalue weighted by atomic mass is 10.1. The number of aromatic nitrogens is 2. The second kappa shape index (κ2) is 3.86. The lowest BCUT2D eigenvalue weighted by Crippen LogP contribution is -1.96. The summed E-state index contributed by atoms with van der Waals surface area (Å²) in [5, 5.41) is 6.52. The Bertz CT molecular complexity index is 709. The molecule has 0 aliphatic rings. The minimum atomic E-state index is 0.262. The van der Waals surface area contributed by atoms with Crippen LogP contribution in [0.1, 0.15) is 0 Å². The zero-order valence-corrected chi connectivity index (χ0v) is 9.99. The van der Waals surface area contributed by atoms with Crippen molar-refractivity contribution in [3.8, 4) is 0 Å². The Balaban J connectivity index is 2.54. The molecular weight excluding hydrogens is 234 g/mol. The van der Waals surface area contributed by atoms with Gasteiger partial charge in [0.1, 0.15) is 5.82 Å². The molecule has 84 valence electrons. The Kier molecular flexibility index (Phi) is 2.34. The van der Waals surface area contributed by atoms with Crippen LogP contribution in [0.25, 0.3) is 21.7 Å². The molecule has 1 aromatic heterocycles. The minimum Gasteiger partial charge on any atom is -0.372 e. The van der Waals surface area contributed by atoms with Crippen molar-refractivity contribution in [1.29, 1.82) is 0 Å². The van der Waals surface area contributed by atoms with Crippen molar-refractivity contribution < 1.29 is 0 Å². The molecule has 3 nitrogen and oxygen atoms in total. The van der Waals surface area contributed by atoms with E-state index in [4.69, 9.17) is 11.6 Å². The summed E-state index contributed by atoms with van der Waals surface area (Å²) in [6.07, 6.45) is 0. The molecule has 0 unspecified atom stereocenters. The molecule has 0 aliphatic heterocycles. The maximum absolute atomic E-state index is 5.94. The largest absolute Gasteiger partial charge is 0.372 e. The maximum Gasteiger partial charge on any atom is 0.224 e. The van der Waals surface area contributed by atoms with Gasteiger partial charge in [0.15, 0.2) is 0 Å². The molecule has 1 N–H and O–H groups in total. The average molecular weight is 244 g/mol. The van der Waals surface area contributed by atoms with Gasteiger partial charge in [-0.15, -0.1) is 0 Å². The van der Waals surface area contributed by atoms with Crippen LogP contribution in [0.15, 0.2) is 36.4 Å². The maximum atomic E-state index is 5.94. The lowest BCUT2D eigenvalue weighted by Gasteiger charge is -2.07. The Morgan fingerprint density at radius 3 is 2.65 bits per heavy atom.